The SMILES string of the molecule is COc1ccc(/C(O)=C2\C(=O)C(=O)N(c3nc4ccc(Cl)cc4s3)C2c2cccs2)c(OC)c1. The maximum Gasteiger partial charge on any atom is 0.301 e. The number of hydrogen-bond donors (Lipinski definition) is 1. The topological polar surface area (TPSA) is 89.0 Å². The summed E-state index contributed by atoms with van der Waals surface area (Å²) in [7, 11) is 2.97. The van der Waals surface area contributed by atoms with Crippen LogP contribution in [-0.2, 0) is 9.59 Å². The van der Waals surface area contributed by atoms with Crippen molar-refractivity contribution in [1.29, 1.82) is 0 Å². The van der Waals surface area contributed by atoms with Crippen molar-refractivity contribution in [3.05, 3.63) is 74.9 Å². The maximum absolute atomic E-state index is 13.3. The summed E-state index contributed by atoms with van der Waals surface area (Å²) in [6.45, 7) is 0. The first kappa shape index (κ1) is 22.4. The molecule has 5 rings (SSSR count). The van der Waals surface area contributed by atoms with Crippen LogP contribution in [0.25, 0.3) is 16.0 Å². The van der Waals surface area contributed by atoms with Crippen LogP contribution in [-0.4, -0.2) is 36.0 Å². The molecule has 1 unspecified atom stereocenters. The van der Waals surface area contributed by atoms with Crippen LogP contribution in [0.3, 0.4) is 0 Å². The number of aliphatic hydroxyl groups is 1. The van der Waals surface area contributed by atoms with Gasteiger partial charge in [-0.15, -0.1) is 11.3 Å². The van der Waals surface area contributed by atoms with E-state index in [1.165, 1.54) is 41.8 Å². The number of rotatable bonds is 5. The molecule has 0 saturated carbocycles. The van der Waals surface area contributed by atoms with Crippen molar-refractivity contribution in [3.63, 3.8) is 0 Å². The van der Waals surface area contributed by atoms with E-state index in [4.69, 9.17) is 21.1 Å². The minimum Gasteiger partial charge on any atom is -0.507 e. The molecule has 0 spiro atoms. The molecule has 34 heavy (non-hydrogen) atoms. The Balaban J connectivity index is 1.71. The number of amides is 1. The van der Waals surface area contributed by atoms with Gasteiger partial charge in [-0.05, 0) is 41.8 Å². The van der Waals surface area contributed by atoms with E-state index < -0.39 is 17.7 Å². The molecule has 3 heterocycles. The molecule has 10 heteroatoms. The average molecular weight is 513 g/mol. The minimum atomic E-state index is -0.845. The average Bonchev–Trinajstić information content (AvgIpc) is 3.56. The standard InChI is InChI=1S/C24H17ClN2O5S2/c1-31-13-6-7-14(16(11-13)32-2)21(28)19-20(17-4-3-9-33-17)27(23(30)22(19)29)24-26-15-8-5-12(25)10-18(15)34-24/h3-11,20,28H,1-2H3/b21-19+. The van der Waals surface area contributed by atoms with Gasteiger partial charge in [0.15, 0.2) is 5.13 Å². The van der Waals surface area contributed by atoms with Crippen molar-refractivity contribution in [1.82, 2.24) is 4.98 Å². The molecular formula is C24H17ClN2O5S2. The van der Waals surface area contributed by atoms with Gasteiger partial charge in [0.05, 0.1) is 35.6 Å². The number of thiazole rings is 1. The summed E-state index contributed by atoms with van der Waals surface area (Å²) in [5.74, 6) is -1.06. The van der Waals surface area contributed by atoms with E-state index in [-0.39, 0.29) is 16.9 Å². The minimum absolute atomic E-state index is 0.0341. The second-order valence-electron chi connectivity index (χ2n) is 7.36. The Bertz CT molecular complexity index is 1460. The van der Waals surface area contributed by atoms with E-state index in [0.29, 0.717) is 32.0 Å². The predicted molar refractivity (Wildman–Crippen MR) is 133 cm³/mol. The van der Waals surface area contributed by atoms with Gasteiger partial charge in [0.25, 0.3) is 5.78 Å². The highest BCUT2D eigenvalue weighted by Crippen LogP contribution is 2.46. The van der Waals surface area contributed by atoms with Crippen LogP contribution >= 0.6 is 34.3 Å². The van der Waals surface area contributed by atoms with Crippen LogP contribution in [0.2, 0.25) is 5.02 Å². The van der Waals surface area contributed by atoms with Crippen LogP contribution in [0.15, 0.2) is 59.5 Å². The Hall–Kier alpha value is -3.40. The number of ether oxygens (including phenoxy) is 2. The lowest BCUT2D eigenvalue weighted by molar-refractivity contribution is -0.132. The van der Waals surface area contributed by atoms with E-state index >= 15 is 0 Å². The van der Waals surface area contributed by atoms with Crippen LogP contribution in [0, 0.1) is 0 Å². The van der Waals surface area contributed by atoms with E-state index in [2.05, 4.69) is 4.98 Å². The zero-order valence-electron chi connectivity index (χ0n) is 17.9. The number of fused-ring (bicyclic) bond motifs is 1. The zero-order chi connectivity index (χ0) is 24.0. The molecule has 2 aromatic heterocycles. The van der Waals surface area contributed by atoms with Gasteiger partial charge >= 0.3 is 5.91 Å². The predicted octanol–water partition coefficient (Wildman–Crippen LogP) is 5.65. The lowest BCUT2D eigenvalue weighted by atomic mass is 9.99. The zero-order valence-corrected chi connectivity index (χ0v) is 20.3. The quantitative estimate of drug-likeness (QED) is 0.211. The molecule has 0 bridgehead atoms. The third kappa shape index (κ3) is 3.62. The van der Waals surface area contributed by atoms with Gasteiger partial charge in [-0.1, -0.05) is 29.0 Å². The highest BCUT2D eigenvalue weighted by atomic mass is 35.5. The van der Waals surface area contributed by atoms with Gasteiger partial charge in [0.2, 0.25) is 0 Å². The number of anilines is 1. The number of methoxy groups -OCH3 is 2. The number of benzene rings is 2. The fourth-order valence-electron chi connectivity index (χ4n) is 3.87. The molecular weight excluding hydrogens is 496 g/mol. The molecule has 0 radical (unpaired) electrons. The van der Waals surface area contributed by atoms with Gasteiger partial charge in [-0.25, -0.2) is 4.98 Å². The first-order chi connectivity index (χ1) is 16.4. The van der Waals surface area contributed by atoms with Crippen molar-refractivity contribution in [2.45, 2.75) is 6.04 Å². The molecule has 4 aromatic rings. The number of ketones is 1. The van der Waals surface area contributed by atoms with Crippen LogP contribution < -0.4 is 14.4 Å². The summed E-state index contributed by atoms with van der Waals surface area (Å²) >= 11 is 8.75. The number of thiophene rings is 1. The molecule has 0 aliphatic carbocycles. The Labute approximate surface area is 207 Å². The summed E-state index contributed by atoms with van der Waals surface area (Å²) in [5.41, 5.74) is 0.903. The van der Waals surface area contributed by atoms with Crippen molar-refractivity contribution >= 4 is 67.1 Å². The maximum atomic E-state index is 13.3. The summed E-state index contributed by atoms with van der Waals surface area (Å²) in [4.78, 5) is 33.2. The number of aromatic nitrogens is 1. The van der Waals surface area contributed by atoms with Crippen molar-refractivity contribution in [2.24, 2.45) is 0 Å². The molecule has 172 valence electrons. The molecule has 2 aromatic carbocycles. The Kier molecular flexibility index (Phi) is 5.76. The third-order valence-corrected chi connectivity index (χ3v) is 7.64. The summed E-state index contributed by atoms with van der Waals surface area (Å²) in [5, 5.41) is 14.1. The number of aliphatic hydroxyl groups excluding tert-OH is 1. The highest BCUT2D eigenvalue weighted by molar-refractivity contribution is 7.22. The van der Waals surface area contributed by atoms with Gasteiger partial charge in [0, 0.05) is 16.0 Å². The number of halogens is 1. The summed E-state index contributed by atoms with van der Waals surface area (Å²) in [6.07, 6.45) is 0. The molecule has 7 nitrogen and oxygen atoms in total. The largest absolute Gasteiger partial charge is 0.507 e. The van der Waals surface area contributed by atoms with Crippen LogP contribution in [0.1, 0.15) is 16.5 Å². The lowest BCUT2D eigenvalue weighted by Crippen LogP contribution is -2.28. The molecule has 1 aliphatic rings. The molecule has 1 aliphatic heterocycles. The number of carbonyl (C=O) groups excluding carboxylic acids is 2. The number of nitrogens with zero attached hydrogens (tertiary/aromatic N) is 2. The highest BCUT2D eigenvalue weighted by Gasteiger charge is 2.48. The van der Waals surface area contributed by atoms with Gasteiger partial charge in [0.1, 0.15) is 23.3 Å². The third-order valence-electron chi connectivity index (χ3n) is 5.47. The monoisotopic (exact) mass is 512 g/mol. The fraction of sp³-hybridized carbons (Fsp3) is 0.125. The Morgan fingerprint density at radius 1 is 1.12 bits per heavy atom. The number of hydrogen-bond acceptors (Lipinski definition) is 8. The second-order valence-corrected chi connectivity index (χ2v) is 9.78. The molecule has 1 N–H and O–H groups in total. The Morgan fingerprint density at radius 2 is 1.94 bits per heavy atom. The smallest absolute Gasteiger partial charge is 0.301 e. The number of Topliss-reactive ketones (excluding diaryl/α,β-unsaturated/α-hetero) is 1. The number of carbonyl (C=O) groups is 2. The van der Waals surface area contributed by atoms with Crippen molar-refractivity contribution < 1.29 is 24.2 Å². The van der Waals surface area contributed by atoms with Gasteiger partial charge < -0.3 is 14.6 Å². The Morgan fingerprint density at radius 3 is 2.65 bits per heavy atom. The van der Waals surface area contributed by atoms with Gasteiger partial charge in [-0.2, -0.15) is 0 Å². The lowest BCUT2D eigenvalue weighted by Gasteiger charge is -2.21. The van der Waals surface area contributed by atoms with E-state index in [9.17, 15) is 14.7 Å². The van der Waals surface area contributed by atoms with E-state index in [1.54, 1.807) is 36.4 Å². The van der Waals surface area contributed by atoms with Gasteiger partial charge in [-0.3, -0.25) is 14.5 Å². The van der Waals surface area contributed by atoms with Crippen LogP contribution in [0.5, 0.6) is 11.5 Å². The molecule has 1 fully saturated rings. The summed E-state index contributed by atoms with van der Waals surface area (Å²) < 4.78 is 11.4. The second kappa shape index (κ2) is 8.75. The molecule has 1 atom stereocenters. The van der Waals surface area contributed by atoms with E-state index in [0.717, 1.165) is 4.70 Å². The van der Waals surface area contributed by atoms with Crippen molar-refractivity contribution in [2.75, 3.05) is 19.1 Å². The van der Waals surface area contributed by atoms with Crippen molar-refractivity contribution in [3.8, 4) is 11.5 Å². The van der Waals surface area contributed by atoms with Crippen LogP contribution in [0.4, 0.5) is 5.13 Å². The molecule has 1 saturated heterocycles. The fourth-order valence-corrected chi connectivity index (χ4v) is 5.97. The first-order valence-corrected chi connectivity index (χ1v) is 12.1. The van der Waals surface area contributed by atoms with E-state index in [1.807, 2.05) is 17.5 Å². The summed E-state index contributed by atoms with van der Waals surface area (Å²) in [6, 6.07) is 12.9. The molecule has 1 amide bonds. The first-order valence-electron chi connectivity index (χ1n) is 10.1. The normalized spacial score (nSPS) is 17.5.